The summed E-state index contributed by atoms with van der Waals surface area (Å²) in [4.78, 5) is 17.9. The maximum atomic E-state index is 13.7. The molecule has 1 aliphatic heterocycles. The highest BCUT2D eigenvalue weighted by molar-refractivity contribution is 7.54. The summed E-state index contributed by atoms with van der Waals surface area (Å²) < 4.78 is 30.2. The normalized spacial score (nSPS) is 23.0. The average Bonchev–Trinajstić information content (AvgIpc) is 2.81. The Balaban J connectivity index is 3.21. The zero-order chi connectivity index (χ0) is 21.0. The lowest BCUT2D eigenvalue weighted by Gasteiger charge is -2.47. The summed E-state index contributed by atoms with van der Waals surface area (Å²) in [5.41, 5.74) is -0.907. The van der Waals surface area contributed by atoms with Gasteiger partial charge in [-0.2, -0.15) is 5.06 Å². The SMILES string of the molecule is CCOP(=O)(OCC)C(N(OCC1COC(=O)C1C)C(C)(C)C)C(C)(C)C. The van der Waals surface area contributed by atoms with Gasteiger partial charge in [0.25, 0.3) is 0 Å². The Morgan fingerprint density at radius 2 is 1.67 bits per heavy atom. The van der Waals surface area contributed by atoms with Gasteiger partial charge in [0.05, 0.1) is 32.3 Å². The Bertz CT molecular complexity index is 529. The lowest BCUT2D eigenvalue weighted by molar-refractivity contribution is -0.245. The second-order valence-electron chi connectivity index (χ2n) is 9.09. The van der Waals surface area contributed by atoms with Crippen LogP contribution in [0.15, 0.2) is 0 Å². The minimum Gasteiger partial charge on any atom is -0.465 e. The molecule has 3 unspecified atom stereocenters. The standard InChI is InChI=1S/C19H38NO6P/c1-10-25-27(22,26-11-2)17(18(4,5)6)20(19(7,8)9)24-13-15-12-23-16(21)14(15)3/h14-15,17H,10-13H2,1-9H3. The van der Waals surface area contributed by atoms with Crippen LogP contribution in [0.1, 0.15) is 62.3 Å². The van der Waals surface area contributed by atoms with E-state index in [1.165, 1.54) is 0 Å². The van der Waals surface area contributed by atoms with E-state index in [0.717, 1.165) is 0 Å². The van der Waals surface area contributed by atoms with Gasteiger partial charge in [-0.25, -0.2) is 0 Å². The summed E-state index contributed by atoms with van der Waals surface area (Å²) in [6.07, 6.45) is 0. The summed E-state index contributed by atoms with van der Waals surface area (Å²) in [7, 11) is -3.49. The zero-order valence-electron chi connectivity index (χ0n) is 18.4. The molecule has 27 heavy (non-hydrogen) atoms. The molecule has 0 aliphatic carbocycles. The fraction of sp³-hybridized carbons (Fsp3) is 0.947. The van der Waals surface area contributed by atoms with E-state index >= 15 is 0 Å². The van der Waals surface area contributed by atoms with E-state index in [9.17, 15) is 9.36 Å². The van der Waals surface area contributed by atoms with E-state index < -0.39 is 24.3 Å². The van der Waals surface area contributed by atoms with Crippen LogP contribution in [0.2, 0.25) is 0 Å². The molecular formula is C19H38NO6P. The molecule has 0 bridgehead atoms. The minimum absolute atomic E-state index is 0.0402. The highest BCUT2D eigenvalue weighted by Crippen LogP contribution is 2.60. The Morgan fingerprint density at radius 3 is 2.00 bits per heavy atom. The van der Waals surface area contributed by atoms with Crippen molar-refractivity contribution in [1.82, 2.24) is 5.06 Å². The zero-order valence-corrected chi connectivity index (χ0v) is 19.3. The Labute approximate surface area is 164 Å². The van der Waals surface area contributed by atoms with Gasteiger partial charge in [-0.1, -0.05) is 27.7 Å². The summed E-state index contributed by atoms with van der Waals surface area (Å²) >= 11 is 0. The first-order chi connectivity index (χ1) is 12.3. The van der Waals surface area contributed by atoms with Gasteiger partial charge in [0, 0.05) is 11.5 Å². The molecule has 1 aliphatic rings. The maximum Gasteiger partial charge on any atom is 0.350 e. The van der Waals surface area contributed by atoms with Crippen molar-refractivity contribution in [1.29, 1.82) is 0 Å². The Morgan fingerprint density at radius 1 is 1.15 bits per heavy atom. The molecule has 0 amide bonds. The fourth-order valence-corrected chi connectivity index (χ4v) is 5.85. The molecule has 0 aromatic carbocycles. The van der Waals surface area contributed by atoms with Gasteiger partial charge < -0.3 is 13.8 Å². The van der Waals surface area contributed by atoms with Gasteiger partial charge in [-0.05, 0) is 40.0 Å². The lowest BCUT2D eigenvalue weighted by atomic mass is 9.94. The second kappa shape index (κ2) is 9.36. The number of hydroxylamine groups is 2. The molecule has 1 rings (SSSR count). The fourth-order valence-electron chi connectivity index (χ4n) is 3.15. The largest absolute Gasteiger partial charge is 0.465 e. The van der Waals surface area contributed by atoms with E-state index in [0.29, 0.717) is 13.2 Å². The first-order valence-corrected chi connectivity index (χ1v) is 11.4. The van der Waals surface area contributed by atoms with E-state index in [1.54, 1.807) is 18.9 Å². The van der Waals surface area contributed by atoms with Crippen molar-refractivity contribution in [2.45, 2.75) is 73.6 Å². The van der Waals surface area contributed by atoms with Gasteiger partial charge in [0.1, 0.15) is 5.78 Å². The van der Waals surface area contributed by atoms with Crippen LogP contribution in [0, 0.1) is 17.3 Å². The molecule has 0 aromatic heterocycles. The molecule has 8 heteroatoms. The molecule has 0 aromatic rings. The van der Waals surface area contributed by atoms with Crippen LogP contribution in [0.3, 0.4) is 0 Å². The summed E-state index contributed by atoms with van der Waals surface area (Å²) in [6.45, 7) is 18.6. The van der Waals surface area contributed by atoms with Crippen molar-refractivity contribution in [3.63, 3.8) is 0 Å². The number of carbonyl (C=O) groups excluding carboxylic acids is 1. The minimum atomic E-state index is -3.49. The van der Waals surface area contributed by atoms with Crippen molar-refractivity contribution in [3.8, 4) is 0 Å². The number of carbonyl (C=O) groups is 1. The van der Waals surface area contributed by atoms with Gasteiger partial charge in [0.2, 0.25) is 0 Å². The highest BCUT2D eigenvalue weighted by atomic mass is 31.2. The molecule has 0 radical (unpaired) electrons. The van der Waals surface area contributed by atoms with Crippen LogP contribution in [-0.2, 0) is 28.0 Å². The van der Waals surface area contributed by atoms with Crippen molar-refractivity contribution in [2.75, 3.05) is 26.4 Å². The summed E-state index contributed by atoms with van der Waals surface area (Å²) in [6, 6.07) is 0. The number of nitrogens with zero attached hydrogens (tertiary/aromatic N) is 1. The van der Waals surface area contributed by atoms with E-state index in [1.807, 2.05) is 48.5 Å². The second-order valence-corrected chi connectivity index (χ2v) is 11.2. The van der Waals surface area contributed by atoms with Crippen LogP contribution in [0.5, 0.6) is 0 Å². The summed E-state index contributed by atoms with van der Waals surface area (Å²) in [5.74, 6) is -1.07. The summed E-state index contributed by atoms with van der Waals surface area (Å²) in [5, 5.41) is 1.74. The molecule has 0 spiro atoms. The predicted octanol–water partition coefficient (Wildman–Crippen LogP) is 4.47. The number of cyclic esters (lactones) is 1. The van der Waals surface area contributed by atoms with Crippen LogP contribution in [-0.4, -0.2) is 48.8 Å². The first-order valence-electron chi connectivity index (χ1n) is 9.75. The van der Waals surface area contributed by atoms with Crippen LogP contribution >= 0.6 is 7.60 Å². The van der Waals surface area contributed by atoms with Crippen molar-refractivity contribution in [3.05, 3.63) is 0 Å². The van der Waals surface area contributed by atoms with Crippen molar-refractivity contribution < 1.29 is 28.0 Å². The number of hydrogen-bond acceptors (Lipinski definition) is 7. The van der Waals surface area contributed by atoms with Crippen LogP contribution < -0.4 is 0 Å². The van der Waals surface area contributed by atoms with Crippen molar-refractivity contribution in [2.24, 2.45) is 17.3 Å². The van der Waals surface area contributed by atoms with Crippen molar-refractivity contribution >= 4 is 13.6 Å². The predicted molar refractivity (Wildman–Crippen MR) is 105 cm³/mol. The third kappa shape index (κ3) is 6.26. The smallest absolute Gasteiger partial charge is 0.350 e. The molecule has 0 saturated carbocycles. The van der Waals surface area contributed by atoms with Gasteiger partial charge in [-0.15, -0.1) is 0 Å². The van der Waals surface area contributed by atoms with E-state index in [4.69, 9.17) is 18.6 Å². The van der Waals surface area contributed by atoms with E-state index in [-0.39, 0.29) is 31.0 Å². The maximum absolute atomic E-state index is 13.7. The quantitative estimate of drug-likeness (QED) is 0.317. The van der Waals surface area contributed by atoms with Crippen LogP contribution in [0.4, 0.5) is 0 Å². The molecular weight excluding hydrogens is 369 g/mol. The molecule has 1 heterocycles. The van der Waals surface area contributed by atoms with Gasteiger partial charge in [-0.3, -0.25) is 14.2 Å². The van der Waals surface area contributed by atoms with Gasteiger partial charge >= 0.3 is 13.6 Å². The molecule has 7 nitrogen and oxygen atoms in total. The molecule has 1 saturated heterocycles. The molecule has 160 valence electrons. The first kappa shape index (κ1) is 24.6. The molecule has 0 N–H and O–H groups in total. The highest BCUT2D eigenvalue weighted by Gasteiger charge is 2.51. The number of ether oxygens (including phenoxy) is 1. The average molecular weight is 407 g/mol. The van der Waals surface area contributed by atoms with E-state index in [2.05, 4.69) is 0 Å². The lowest BCUT2D eigenvalue weighted by Crippen LogP contribution is -2.54. The Hall–Kier alpha value is -0.460. The molecule has 3 atom stereocenters. The monoisotopic (exact) mass is 407 g/mol. The molecule has 1 fully saturated rings. The number of esters is 1. The third-order valence-electron chi connectivity index (χ3n) is 4.52. The van der Waals surface area contributed by atoms with Crippen LogP contribution in [0.25, 0.3) is 0 Å². The topological polar surface area (TPSA) is 74.3 Å². The third-order valence-corrected chi connectivity index (χ3v) is 7.34. The number of rotatable bonds is 9. The van der Waals surface area contributed by atoms with Gasteiger partial charge in [0.15, 0.2) is 0 Å². The Kier molecular flexibility index (Phi) is 8.52. The number of hydrogen-bond donors (Lipinski definition) is 0.